The summed E-state index contributed by atoms with van der Waals surface area (Å²) in [5, 5.41) is 10.2. The van der Waals surface area contributed by atoms with E-state index in [1.807, 2.05) is 24.3 Å². The lowest BCUT2D eigenvalue weighted by atomic mass is 9.99. The van der Waals surface area contributed by atoms with Crippen molar-refractivity contribution in [2.45, 2.75) is 35.8 Å². The highest BCUT2D eigenvalue weighted by atomic mass is 35.5. The minimum Gasteiger partial charge on any atom is -0.197 e. The second kappa shape index (κ2) is 4.69. The minimum absolute atomic E-state index is 0.273. The summed E-state index contributed by atoms with van der Waals surface area (Å²) in [6.07, 6.45) is 3.26. The summed E-state index contributed by atoms with van der Waals surface area (Å²) in [4.78, 5) is 1.03. The van der Waals surface area contributed by atoms with Gasteiger partial charge in [0, 0.05) is 4.90 Å². The Hall–Kier alpha value is -0.650. The third-order valence-corrected chi connectivity index (χ3v) is 5.38. The van der Waals surface area contributed by atoms with E-state index in [1.165, 1.54) is 0 Å². The molecule has 1 aliphatic carbocycles. The van der Waals surface area contributed by atoms with Crippen LogP contribution in [0.25, 0.3) is 0 Å². The quantitative estimate of drug-likeness (QED) is 0.772. The van der Waals surface area contributed by atoms with Gasteiger partial charge < -0.3 is 0 Å². The SMILES string of the molecule is CC1CCCC1(C#N)Sc1ccccc1Cl. The first kappa shape index (κ1) is 11.8. The van der Waals surface area contributed by atoms with Gasteiger partial charge in [0.15, 0.2) is 0 Å². The number of thioether (sulfide) groups is 1. The Balaban J connectivity index is 2.27. The van der Waals surface area contributed by atoms with Crippen LogP contribution in [0.15, 0.2) is 29.2 Å². The molecule has 0 radical (unpaired) electrons. The zero-order valence-electron chi connectivity index (χ0n) is 9.24. The van der Waals surface area contributed by atoms with Crippen LogP contribution in [0.1, 0.15) is 26.2 Å². The highest BCUT2D eigenvalue weighted by Crippen LogP contribution is 2.49. The van der Waals surface area contributed by atoms with Crippen molar-refractivity contribution in [1.29, 1.82) is 5.26 Å². The molecule has 2 unspecified atom stereocenters. The maximum absolute atomic E-state index is 9.43. The zero-order valence-corrected chi connectivity index (χ0v) is 10.8. The van der Waals surface area contributed by atoms with Crippen LogP contribution in [0, 0.1) is 17.2 Å². The van der Waals surface area contributed by atoms with Crippen molar-refractivity contribution in [3.63, 3.8) is 0 Å². The van der Waals surface area contributed by atoms with Gasteiger partial charge in [-0.3, -0.25) is 0 Å². The van der Waals surface area contributed by atoms with Gasteiger partial charge in [0.25, 0.3) is 0 Å². The van der Waals surface area contributed by atoms with Crippen LogP contribution in [-0.2, 0) is 0 Å². The summed E-state index contributed by atoms with van der Waals surface area (Å²) in [6.45, 7) is 2.17. The predicted octanol–water partition coefficient (Wildman–Crippen LogP) is 4.51. The van der Waals surface area contributed by atoms with E-state index in [0.29, 0.717) is 5.92 Å². The Morgan fingerprint density at radius 2 is 2.25 bits per heavy atom. The number of nitriles is 1. The van der Waals surface area contributed by atoms with Crippen molar-refractivity contribution in [2.75, 3.05) is 0 Å². The van der Waals surface area contributed by atoms with Crippen LogP contribution in [0.3, 0.4) is 0 Å². The molecule has 84 valence electrons. The molecule has 0 bridgehead atoms. The van der Waals surface area contributed by atoms with Gasteiger partial charge in [0.1, 0.15) is 4.75 Å². The van der Waals surface area contributed by atoms with Gasteiger partial charge in [-0.1, -0.05) is 37.1 Å². The van der Waals surface area contributed by atoms with Crippen LogP contribution in [0.2, 0.25) is 5.02 Å². The third-order valence-electron chi connectivity index (χ3n) is 3.30. The molecule has 16 heavy (non-hydrogen) atoms. The van der Waals surface area contributed by atoms with Crippen LogP contribution in [0.4, 0.5) is 0 Å². The molecule has 1 nitrogen and oxygen atoms in total. The predicted molar refractivity (Wildman–Crippen MR) is 68.7 cm³/mol. The Kier molecular flexibility index (Phi) is 3.47. The molecule has 0 saturated heterocycles. The van der Waals surface area contributed by atoms with Gasteiger partial charge in [-0.25, -0.2) is 0 Å². The summed E-state index contributed by atoms with van der Waals surface area (Å²) in [6, 6.07) is 10.3. The summed E-state index contributed by atoms with van der Waals surface area (Å²) in [5.41, 5.74) is 0. The van der Waals surface area contributed by atoms with E-state index in [2.05, 4.69) is 13.0 Å². The summed E-state index contributed by atoms with van der Waals surface area (Å²) in [7, 11) is 0. The molecule has 1 saturated carbocycles. The first-order chi connectivity index (χ1) is 7.68. The number of rotatable bonds is 2. The van der Waals surface area contributed by atoms with E-state index in [9.17, 15) is 5.26 Å². The average Bonchev–Trinajstić information content (AvgIpc) is 2.64. The van der Waals surface area contributed by atoms with Crippen molar-refractivity contribution in [2.24, 2.45) is 5.92 Å². The fraction of sp³-hybridized carbons (Fsp3) is 0.462. The standard InChI is InChI=1S/C13H14ClNS/c1-10-5-4-8-13(10,9-15)16-12-7-3-2-6-11(12)14/h2-3,6-7,10H,4-5,8H2,1H3. The summed E-state index contributed by atoms with van der Waals surface area (Å²) < 4.78 is -0.273. The molecule has 1 fully saturated rings. The number of halogens is 1. The summed E-state index contributed by atoms with van der Waals surface area (Å²) >= 11 is 7.78. The number of hydrogen-bond acceptors (Lipinski definition) is 2. The van der Waals surface area contributed by atoms with Crippen LogP contribution in [-0.4, -0.2) is 4.75 Å². The van der Waals surface area contributed by atoms with Gasteiger partial charge in [0.05, 0.1) is 11.1 Å². The lowest BCUT2D eigenvalue weighted by Crippen LogP contribution is -2.25. The molecule has 3 heteroatoms. The Bertz CT molecular complexity index is 426. The lowest BCUT2D eigenvalue weighted by molar-refractivity contribution is 0.554. The maximum Gasteiger partial charge on any atom is 0.110 e. The number of nitrogens with zero attached hydrogens (tertiary/aromatic N) is 1. The normalized spacial score (nSPS) is 28.9. The molecular weight excluding hydrogens is 238 g/mol. The lowest BCUT2D eigenvalue weighted by Gasteiger charge is -2.25. The highest BCUT2D eigenvalue weighted by Gasteiger charge is 2.41. The van der Waals surface area contributed by atoms with E-state index in [1.54, 1.807) is 11.8 Å². The van der Waals surface area contributed by atoms with Gasteiger partial charge in [0.2, 0.25) is 0 Å². The molecule has 0 heterocycles. The smallest absolute Gasteiger partial charge is 0.110 e. The highest BCUT2D eigenvalue weighted by molar-refractivity contribution is 8.01. The van der Waals surface area contributed by atoms with Gasteiger partial charge in [-0.2, -0.15) is 5.26 Å². The van der Waals surface area contributed by atoms with Crippen LogP contribution in [0.5, 0.6) is 0 Å². The van der Waals surface area contributed by atoms with E-state index >= 15 is 0 Å². The molecule has 1 aromatic carbocycles. The largest absolute Gasteiger partial charge is 0.197 e. The molecule has 0 spiro atoms. The average molecular weight is 252 g/mol. The van der Waals surface area contributed by atoms with E-state index in [0.717, 1.165) is 29.2 Å². The van der Waals surface area contributed by atoms with Crippen molar-refractivity contribution in [3.8, 4) is 6.07 Å². The molecule has 0 aromatic heterocycles. The topological polar surface area (TPSA) is 23.8 Å². The van der Waals surface area contributed by atoms with E-state index in [4.69, 9.17) is 11.6 Å². The number of hydrogen-bond donors (Lipinski definition) is 0. The van der Waals surface area contributed by atoms with Gasteiger partial charge >= 0.3 is 0 Å². The molecule has 2 atom stereocenters. The molecule has 0 amide bonds. The second-order valence-electron chi connectivity index (χ2n) is 4.33. The van der Waals surface area contributed by atoms with Gasteiger partial charge in [-0.15, -0.1) is 11.8 Å². The Labute approximate surface area is 106 Å². The Morgan fingerprint density at radius 1 is 1.50 bits per heavy atom. The van der Waals surface area contributed by atoms with Crippen molar-refractivity contribution >= 4 is 23.4 Å². The van der Waals surface area contributed by atoms with Crippen molar-refractivity contribution < 1.29 is 0 Å². The maximum atomic E-state index is 9.43. The van der Waals surface area contributed by atoms with E-state index in [-0.39, 0.29) is 4.75 Å². The second-order valence-corrected chi connectivity index (χ2v) is 6.11. The van der Waals surface area contributed by atoms with Crippen molar-refractivity contribution in [3.05, 3.63) is 29.3 Å². The zero-order chi connectivity index (χ0) is 11.6. The fourth-order valence-electron chi connectivity index (χ4n) is 2.21. The molecule has 1 aromatic rings. The van der Waals surface area contributed by atoms with Gasteiger partial charge in [-0.05, 0) is 30.9 Å². The van der Waals surface area contributed by atoms with Crippen molar-refractivity contribution in [1.82, 2.24) is 0 Å². The monoisotopic (exact) mass is 251 g/mol. The summed E-state index contributed by atoms with van der Waals surface area (Å²) in [5.74, 6) is 0.443. The first-order valence-electron chi connectivity index (χ1n) is 5.53. The molecule has 0 aliphatic heterocycles. The van der Waals surface area contributed by atoms with E-state index < -0.39 is 0 Å². The Morgan fingerprint density at radius 3 is 2.81 bits per heavy atom. The van der Waals surface area contributed by atoms with Crippen LogP contribution < -0.4 is 0 Å². The fourth-order valence-corrected chi connectivity index (χ4v) is 3.78. The first-order valence-corrected chi connectivity index (χ1v) is 6.72. The molecule has 0 N–H and O–H groups in total. The molecule has 1 aliphatic rings. The van der Waals surface area contributed by atoms with Crippen LogP contribution >= 0.6 is 23.4 Å². The minimum atomic E-state index is -0.273. The molecule has 2 rings (SSSR count). The molecular formula is C13H14ClNS. The third kappa shape index (κ3) is 2.07. The number of benzene rings is 1.